The van der Waals surface area contributed by atoms with Crippen molar-refractivity contribution in [2.24, 2.45) is 0 Å². The van der Waals surface area contributed by atoms with E-state index in [4.69, 9.17) is 0 Å². The van der Waals surface area contributed by atoms with Crippen LogP contribution in [0.15, 0.2) is 48.5 Å². The maximum atomic E-state index is 12.8. The van der Waals surface area contributed by atoms with Crippen LogP contribution in [0.5, 0.6) is 0 Å². The molecule has 0 aliphatic carbocycles. The minimum absolute atomic E-state index is 0.333. The van der Waals surface area contributed by atoms with Crippen LogP contribution >= 0.6 is 0 Å². The summed E-state index contributed by atoms with van der Waals surface area (Å²) < 4.78 is 0. The van der Waals surface area contributed by atoms with Gasteiger partial charge in [0.2, 0.25) is 5.91 Å². The fourth-order valence-electron chi connectivity index (χ4n) is 2.97. The number of carbonyl (C=O) groups is 3. The first-order chi connectivity index (χ1) is 12.3. The minimum Gasteiger partial charge on any atom is -0.324 e. The van der Waals surface area contributed by atoms with Crippen molar-refractivity contribution in [1.29, 1.82) is 0 Å². The van der Waals surface area contributed by atoms with E-state index in [9.17, 15) is 14.4 Å². The van der Waals surface area contributed by atoms with Crippen LogP contribution in [0.4, 0.5) is 10.5 Å². The van der Waals surface area contributed by atoms with Crippen molar-refractivity contribution in [3.05, 3.63) is 65.2 Å². The van der Waals surface area contributed by atoms with Gasteiger partial charge in [-0.1, -0.05) is 48.0 Å². The Hall–Kier alpha value is -3.15. The average Bonchev–Trinajstić information content (AvgIpc) is 2.82. The van der Waals surface area contributed by atoms with Gasteiger partial charge in [-0.15, -0.1) is 0 Å². The molecule has 1 atom stereocenters. The summed E-state index contributed by atoms with van der Waals surface area (Å²) in [5.74, 6) is -0.859. The number of amides is 4. The lowest BCUT2D eigenvalue weighted by Crippen LogP contribution is -2.42. The first kappa shape index (κ1) is 17.7. The van der Waals surface area contributed by atoms with E-state index in [0.29, 0.717) is 11.3 Å². The summed E-state index contributed by atoms with van der Waals surface area (Å²) in [6, 6.07) is 14.1. The highest BCUT2D eigenvalue weighted by atomic mass is 16.2. The fraction of sp³-hybridized carbons (Fsp3) is 0.250. The number of hydrogen-bond donors (Lipinski definition) is 2. The number of nitrogens with one attached hydrogen (secondary N) is 2. The number of aryl methyl sites for hydroxylation is 2. The maximum Gasteiger partial charge on any atom is 0.325 e. The fourth-order valence-corrected chi connectivity index (χ4v) is 2.97. The predicted octanol–water partition coefficient (Wildman–Crippen LogP) is 2.71. The van der Waals surface area contributed by atoms with Crippen LogP contribution in [-0.2, 0) is 15.1 Å². The van der Waals surface area contributed by atoms with Crippen molar-refractivity contribution >= 4 is 23.5 Å². The second-order valence-corrected chi connectivity index (χ2v) is 6.68. The van der Waals surface area contributed by atoms with Gasteiger partial charge in [0, 0.05) is 5.69 Å². The molecule has 0 radical (unpaired) electrons. The van der Waals surface area contributed by atoms with Gasteiger partial charge in [0.1, 0.15) is 12.1 Å². The monoisotopic (exact) mass is 351 g/mol. The van der Waals surface area contributed by atoms with E-state index in [1.807, 2.05) is 56.3 Å². The molecule has 0 saturated carbocycles. The third-order valence-electron chi connectivity index (χ3n) is 4.62. The van der Waals surface area contributed by atoms with E-state index >= 15 is 0 Å². The number of para-hydroxylation sites is 1. The molecule has 2 N–H and O–H groups in total. The van der Waals surface area contributed by atoms with Crippen LogP contribution in [0, 0.1) is 13.8 Å². The summed E-state index contributed by atoms with van der Waals surface area (Å²) >= 11 is 0. The van der Waals surface area contributed by atoms with Gasteiger partial charge in [0.15, 0.2) is 0 Å². The molecule has 1 fully saturated rings. The van der Waals surface area contributed by atoms with Gasteiger partial charge in [0.25, 0.3) is 5.91 Å². The molecule has 1 aliphatic heterocycles. The SMILES string of the molecule is Cc1ccc(C2(C)NC(=O)N(CC(=O)Nc3ccccc3C)C2=O)cc1. The second kappa shape index (κ2) is 6.63. The lowest BCUT2D eigenvalue weighted by Gasteiger charge is -2.22. The molecule has 6 nitrogen and oxygen atoms in total. The van der Waals surface area contributed by atoms with Crippen LogP contribution in [0.25, 0.3) is 0 Å². The summed E-state index contributed by atoms with van der Waals surface area (Å²) in [5, 5.41) is 5.44. The maximum absolute atomic E-state index is 12.8. The van der Waals surface area contributed by atoms with Gasteiger partial charge in [-0.05, 0) is 38.0 Å². The number of nitrogens with zero attached hydrogens (tertiary/aromatic N) is 1. The first-order valence-electron chi connectivity index (χ1n) is 8.38. The summed E-state index contributed by atoms with van der Waals surface area (Å²) in [4.78, 5) is 38.4. The minimum atomic E-state index is -1.17. The third kappa shape index (κ3) is 3.18. The molecule has 6 heteroatoms. The van der Waals surface area contributed by atoms with Gasteiger partial charge in [0.05, 0.1) is 0 Å². The molecule has 1 aliphatic rings. The van der Waals surface area contributed by atoms with E-state index in [1.165, 1.54) is 0 Å². The van der Waals surface area contributed by atoms with E-state index < -0.39 is 23.4 Å². The van der Waals surface area contributed by atoms with Gasteiger partial charge in [-0.25, -0.2) is 4.79 Å². The Morgan fingerprint density at radius 2 is 1.73 bits per heavy atom. The van der Waals surface area contributed by atoms with Crippen molar-refractivity contribution in [1.82, 2.24) is 10.2 Å². The lowest BCUT2D eigenvalue weighted by atomic mass is 9.91. The zero-order valence-corrected chi connectivity index (χ0v) is 15.0. The van der Waals surface area contributed by atoms with Gasteiger partial charge >= 0.3 is 6.03 Å². The van der Waals surface area contributed by atoms with E-state index in [1.54, 1.807) is 13.0 Å². The topological polar surface area (TPSA) is 78.5 Å². The molecule has 26 heavy (non-hydrogen) atoms. The summed E-state index contributed by atoms with van der Waals surface area (Å²) in [7, 11) is 0. The van der Waals surface area contributed by atoms with Crippen molar-refractivity contribution in [3.8, 4) is 0 Å². The van der Waals surface area contributed by atoms with E-state index in [0.717, 1.165) is 16.0 Å². The van der Waals surface area contributed by atoms with E-state index in [-0.39, 0.29) is 6.54 Å². The van der Waals surface area contributed by atoms with Gasteiger partial charge < -0.3 is 10.6 Å². The van der Waals surface area contributed by atoms with E-state index in [2.05, 4.69) is 10.6 Å². The third-order valence-corrected chi connectivity index (χ3v) is 4.62. The smallest absolute Gasteiger partial charge is 0.324 e. The zero-order chi connectivity index (χ0) is 18.9. The molecular formula is C20H21N3O3. The number of rotatable bonds is 4. The Balaban J connectivity index is 1.76. The number of anilines is 1. The number of urea groups is 1. The van der Waals surface area contributed by atoms with Crippen LogP contribution in [0.1, 0.15) is 23.6 Å². The molecule has 1 heterocycles. The molecule has 2 aromatic carbocycles. The molecule has 2 aromatic rings. The zero-order valence-electron chi connectivity index (χ0n) is 15.0. The normalized spacial score (nSPS) is 19.4. The molecule has 1 saturated heterocycles. The van der Waals surface area contributed by atoms with Gasteiger partial charge in [-0.3, -0.25) is 14.5 Å². The molecule has 4 amide bonds. The number of carbonyl (C=O) groups excluding carboxylic acids is 3. The summed E-state index contributed by atoms with van der Waals surface area (Å²) in [6.45, 7) is 5.14. The summed E-state index contributed by atoms with van der Waals surface area (Å²) in [6.07, 6.45) is 0. The van der Waals surface area contributed by atoms with Crippen LogP contribution in [0.3, 0.4) is 0 Å². The summed E-state index contributed by atoms with van der Waals surface area (Å²) in [5.41, 5.74) is 2.13. The van der Waals surface area contributed by atoms with Crippen molar-refractivity contribution in [3.63, 3.8) is 0 Å². The Kier molecular flexibility index (Phi) is 4.50. The van der Waals surface area contributed by atoms with Crippen LogP contribution in [-0.4, -0.2) is 29.3 Å². The molecular weight excluding hydrogens is 330 g/mol. The Morgan fingerprint density at radius 3 is 2.38 bits per heavy atom. The Labute approximate surface area is 152 Å². The highest BCUT2D eigenvalue weighted by Crippen LogP contribution is 2.29. The largest absolute Gasteiger partial charge is 0.325 e. The average molecular weight is 351 g/mol. The van der Waals surface area contributed by atoms with Crippen LogP contribution in [0.2, 0.25) is 0 Å². The highest BCUT2D eigenvalue weighted by Gasteiger charge is 2.49. The molecule has 1 unspecified atom stereocenters. The van der Waals surface area contributed by atoms with Crippen molar-refractivity contribution in [2.45, 2.75) is 26.3 Å². The Morgan fingerprint density at radius 1 is 1.08 bits per heavy atom. The molecule has 0 spiro atoms. The predicted molar refractivity (Wildman–Crippen MR) is 98.6 cm³/mol. The molecule has 0 aromatic heterocycles. The second-order valence-electron chi connectivity index (χ2n) is 6.68. The van der Waals surface area contributed by atoms with Crippen molar-refractivity contribution < 1.29 is 14.4 Å². The quantitative estimate of drug-likeness (QED) is 0.832. The molecule has 3 rings (SSSR count). The number of hydrogen-bond acceptors (Lipinski definition) is 3. The van der Waals surface area contributed by atoms with Gasteiger partial charge in [-0.2, -0.15) is 0 Å². The number of imide groups is 1. The highest BCUT2D eigenvalue weighted by molar-refractivity contribution is 6.10. The lowest BCUT2D eigenvalue weighted by molar-refractivity contribution is -0.133. The first-order valence-corrected chi connectivity index (χ1v) is 8.38. The Bertz CT molecular complexity index is 876. The standard InChI is InChI=1S/C20H21N3O3/c1-13-8-10-15(11-9-13)20(3)18(25)23(19(26)22-20)12-17(24)21-16-7-5-4-6-14(16)2/h4-11H,12H2,1-3H3,(H,21,24)(H,22,26). The van der Waals surface area contributed by atoms with Crippen LogP contribution < -0.4 is 10.6 Å². The number of benzene rings is 2. The molecule has 134 valence electrons. The van der Waals surface area contributed by atoms with Crippen molar-refractivity contribution in [2.75, 3.05) is 11.9 Å². The molecule has 0 bridgehead atoms.